The zero-order chi connectivity index (χ0) is 12.3. The lowest BCUT2D eigenvalue weighted by Crippen LogP contribution is -2.17. The van der Waals surface area contributed by atoms with Crippen molar-refractivity contribution in [1.82, 2.24) is 5.32 Å². The summed E-state index contributed by atoms with van der Waals surface area (Å²) < 4.78 is 24.8. The smallest absolute Gasteiger partial charge is 0.207 e. The van der Waals surface area contributed by atoms with Crippen molar-refractivity contribution >= 4 is 0 Å². The molecule has 1 aliphatic rings. The first-order chi connectivity index (χ1) is 8.27. The molecule has 1 unspecified atom stereocenters. The predicted octanol–water partition coefficient (Wildman–Crippen LogP) is 2.66. The second-order valence-electron chi connectivity index (χ2n) is 4.15. The Kier molecular flexibility index (Phi) is 3.84. The molecule has 0 bridgehead atoms. The van der Waals surface area contributed by atoms with E-state index in [9.17, 15) is 4.39 Å². The van der Waals surface area contributed by atoms with E-state index in [2.05, 4.69) is 12.2 Å². The lowest BCUT2D eigenvalue weighted by molar-refractivity contribution is 0.277. The third-order valence-electron chi connectivity index (χ3n) is 2.97. The number of fused-ring (bicyclic) bond motifs is 1. The fourth-order valence-corrected chi connectivity index (χ4v) is 1.91. The molecule has 0 amide bonds. The maximum absolute atomic E-state index is 14.0. The van der Waals surface area contributed by atoms with Gasteiger partial charge in [0.1, 0.15) is 6.61 Å². The summed E-state index contributed by atoms with van der Waals surface area (Å²) in [6.07, 6.45) is 1.96. The molecule has 3 nitrogen and oxygen atoms in total. The van der Waals surface area contributed by atoms with E-state index < -0.39 is 0 Å². The lowest BCUT2D eigenvalue weighted by atomic mass is 10.1. The highest BCUT2D eigenvalue weighted by Crippen LogP contribution is 2.38. The second kappa shape index (κ2) is 5.36. The van der Waals surface area contributed by atoms with Gasteiger partial charge in [-0.3, -0.25) is 0 Å². The molecule has 0 radical (unpaired) electrons. The number of ether oxygens (including phenoxy) is 2. The average molecular weight is 239 g/mol. The van der Waals surface area contributed by atoms with Gasteiger partial charge < -0.3 is 14.8 Å². The summed E-state index contributed by atoms with van der Waals surface area (Å²) in [5, 5.41) is 3.09. The monoisotopic (exact) mass is 239 g/mol. The van der Waals surface area contributed by atoms with Crippen LogP contribution in [0.4, 0.5) is 4.39 Å². The van der Waals surface area contributed by atoms with Crippen LogP contribution in [0.1, 0.15) is 31.4 Å². The summed E-state index contributed by atoms with van der Waals surface area (Å²) in [4.78, 5) is 0. The number of benzene rings is 1. The number of hydrogen-bond acceptors (Lipinski definition) is 3. The van der Waals surface area contributed by atoms with E-state index in [0.717, 1.165) is 18.4 Å². The van der Waals surface area contributed by atoms with Crippen LogP contribution < -0.4 is 14.8 Å². The van der Waals surface area contributed by atoms with Gasteiger partial charge in [0.15, 0.2) is 11.5 Å². The van der Waals surface area contributed by atoms with Gasteiger partial charge in [0.2, 0.25) is 5.82 Å². The summed E-state index contributed by atoms with van der Waals surface area (Å²) in [5.74, 6) is 0.239. The van der Waals surface area contributed by atoms with Crippen molar-refractivity contribution in [2.45, 2.75) is 25.8 Å². The van der Waals surface area contributed by atoms with Gasteiger partial charge in [0, 0.05) is 5.56 Å². The summed E-state index contributed by atoms with van der Waals surface area (Å²) in [6, 6.07) is 3.63. The molecule has 17 heavy (non-hydrogen) atoms. The molecule has 0 aromatic heterocycles. The molecule has 0 saturated carbocycles. The van der Waals surface area contributed by atoms with Crippen LogP contribution in [0.3, 0.4) is 0 Å². The fourth-order valence-electron chi connectivity index (χ4n) is 1.91. The minimum absolute atomic E-state index is 0.0733. The summed E-state index contributed by atoms with van der Waals surface area (Å²) in [7, 11) is 1.84. The van der Waals surface area contributed by atoms with Crippen molar-refractivity contribution in [3.8, 4) is 11.5 Å². The molecule has 0 fully saturated rings. The third-order valence-corrected chi connectivity index (χ3v) is 2.97. The molecule has 1 N–H and O–H groups in total. The number of unbranched alkanes of at least 4 members (excludes halogenated alkanes) is 1. The summed E-state index contributed by atoms with van der Waals surface area (Å²) in [5.41, 5.74) is 0.868. The van der Waals surface area contributed by atoms with Crippen LogP contribution in [0.2, 0.25) is 0 Å². The number of likely N-dealkylation sites (N-methyl/N-ethyl adjacent to an activating group) is 1. The van der Waals surface area contributed by atoms with Crippen LogP contribution in [0, 0.1) is 5.82 Å². The highest BCUT2D eigenvalue weighted by atomic mass is 19.1. The Balaban J connectivity index is 2.16. The first kappa shape index (κ1) is 12.2. The van der Waals surface area contributed by atoms with Gasteiger partial charge in [-0.15, -0.1) is 0 Å². The zero-order valence-electron chi connectivity index (χ0n) is 10.3. The minimum Gasteiger partial charge on any atom is -0.490 e. The van der Waals surface area contributed by atoms with Crippen molar-refractivity contribution in [3.05, 3.63) is 23.5 Å². The Morgan fingerprint density at radius 2 is 2.35 bits per heavy atom. The molecule has 1 atom stereocenters. The van der Waals surface area contributed by atoms with Crippen LogP contribution in [0.5, 0.6) is 11.5 Å². The molecule has 2 rings (SSSR count). The molecule has 1 aromatic rings. The van der Waals surface area contributed by atoms with Crippen LogP contribution in [0.25, 0.3) is 0 Å². The molecule has 0 spiro atoms. The van der Waals surface area contributed by atoms with E-state index in [1.165, 1.54) is 0 Å². The van der Waals surface area contributed by atoms with Gasteiger partial charge in [-0.2, -0.15) is 4.39 Å². The first-order valence-corrected chi connectivity index (χ1v) is 6.03. The van der Waals surface area contributed by atoms with Crippen molar-refractivity contribution in [2.24, 2.45) is 0 Å². The van der Waals surface area contributed by atoms with Gasteiger partial charge in [0.25, 0.3) is 0 Å². The average Bonchev–Trinajstić information content (AvgIpc) is 2.76. The minimum atomic E-state index is -0.378. The molecule has 1 aromatic carbocycles. The number of rotatable bonds is 5. The normalized spacial score (nSPS) is 17.7. The molecular formula is C13H18FNO2. The molecule has 0 saturated heterocycles. The summed E-state index contributed by atoms with van der Waals surface area (Å²) >= 11 is 0. The number of nitrogens with one attached hydrogen (secondary N) is 1. The highest BCUT2D eigenvalue weighted by molar-refractivity contribution is 5.46. The van der Waals surface area contributed by atoms with Gasteiger partial charge in [-0.25, -0.2) is 0 Å². The largest absolute Gasteiger partial charge is 0.490 e. The fraction of sp³-hybridized carbons (Fsp3) is 0.538. The molecular weight excluding hydrogens is 221 g/mol. The highest BCUT2D eigenvalue weighted by Gasteiger charge is 2.27. The Morgan fingerprint density at radius 1 is 1.53 bits per heavy atom. The predicted molar refractivity (Wildman–Crippen MR) is 64.1 cm³/mol. The van der Waals surface area contributed by atoms with Crippen molar-refractivity contribution in [3.63, 3.8) is 0 Å². The van der Waals surface area contributed by atoms with E-state index >= 15 is 0 Å². The SMILES string of the molecule is CCCCOc1ccc2c(c1F)OCC2NC. The van der Waals surface area contributed by atoms with Crippen LogP contribution in [-0.2, 0) is 0 Å². The molecule has 0 aliphatic carbocycles. The maximum Gasteiger partial charge on any atom is 0.207 e. The Bertz CT molecular complexity index is 395. The number of halogens is 1. The Labute approximate surface area is 101 Å². The van der Waals surface area contributed by atoms with Gasteiger partial charge in [-0.05, 0) is 25.6 Å². The first-order valence-electron chi connectivity index (χ1n) is 6.03. The maximum atomic E-state index is 14.0. The molecule has 1 heterocycles. The van der Waals surface area contributed by atoms with E-state index in [-0.39, 0.29) is 17.6 Å². The van der Waals surface area contributed by atoms with Crippen molar-refractivity contribution in [2.75, 3.05) is 20.3 Å². The van der Waals surface area contributed by atoms with E-state index in [4.69, 9.17) is 9.47 Å². The van der Waals surface area contributed by atoms with Crippen LogP contribution in [0.15, 0.2) is 12.1 Å². The van der Waals surface area contributed by atoms with Crippen LogP contribution in [-0.4, -0.2) is 20.3 Å². The molecule has 94 valence electrons. The lowest BCUT2D eigenvalue weighted by Gasteiger charge is -2.10. The van der Waals surface area contributed by atoms with E-state index in [1.807, 2.05) is 13.1 Å². The van der Waals surface area contributed by atoms with Gasteiger partial charge in [-0.1, -0.05) is 13.3 Å². The number of hydrogen-bond donors (Lipinski definition) is 1. The zero-order valence-corrected chi connectivity index (χ0v) is 10.3. The standard InChI is InChI=1S/C13H18FNO2/c1-3-4-7-16-11-6-5-9-10(15-2)8-17-13(9)12(11)14/h5-6,10,15H,3-4,7-8H2,1-2H3. The quantitative estimate of drug-likeness (QED) is 0.801. The van der Waals surface area contributed by atoms with Gasteiger partial charge in [0.05, 0.1) is 12.6 Å². The molecule has 4 heteroatoms. The topological polar surface area (TPSA) is 30.5 Å². The Morgan fingerprint density at radius 3 is 3.06 bits per heavy atom. The molecule has 1 aliphatic heterocycles. The Hall–Kier alpha value is -1.29. The summed E-state index contributed by atoms with van der Waals surface area (Å²) in [6.45, 7) is 3.09. The van der Waals surface area contributed by atoms with Crippen molar-refractivity contribution in [1.29, 1.82) is 0 Å². The van der Waals surface area contributed by atoms with Gasteiger partial charge >= 0.3 is 0 Å². The second-order valence-corrected chi connectivity index (χ2v) is 4.15. The third kappa shape index (κ3) is 2.36. The van der Waals surface area contributed by atoms with Crippen LogP contribution >= 0.6 is 0 Å². The van der Waals surface area contributed by atoms with Crippen molar-refractivity contribution < 1.29 is 13.9 Å². The van der Waals surface area contributed by atoms with E-state index in [0.29, 0.717) is 19.0 Å². The van der Waals surface area contributed by atoms with E-state index in [1.54, 1.807) is 6.07 Å².